The number of esters is 1. The molecule has 1 saturated carbocycles. The smallest absolute Gasteiger partial charge is 0.308 e. The van der Waals surface area contributed by atoms with Crippen LogP contribution in [0.1, 0.15) is 46.0 Å². The number of carbonyl (C=O) groups is 1. The van der Waals surface area contributed by atoms with Gasteiger partial charge in [-0.05, 0) is 32.6 Å². The topological polar surface area (TPSA) is 58.6 Å². The van der Waals surface area contributed by atoms with Crippen LogP contribution in [0.3, 0.4) is 0 Å². The summed E-state index contributed by atoms with van der Waals surface area (Å²) in [6, 6.07) is 0.425. The van der Waals surface area contributed by atoms with E-state index in [2.05, 4.69) is 12.2 Å². The van der Waals surface area contributed by atoms with Gasteiger partial charge in [-0.3, -0.25) is 4.79 Å². The van der Waals surface area contributed by atoms with Crippen molar-refractivity contribution >= 4 is 5.97 Å². The summed E-state index contributed by atoms with van der Waals surface area (Å²) in [6.07, 6.45) is 4.64. The first-order chi connectivity index (χ1) is 8.13. The van der Waals surface area contributed by atoms with E-state index < -0.39 is 6.10 Å². The molecule has 2 atom stereocenters. The molecule has 0 amide bonds. The predicted molar refractivity (Wildman–Crippen MR) is 66.7 cm³/mol. The van der Waals surface area contributed by atoms with Crippen molar-refractivity contribution in [1.82, 2.24) is 5.32 Å². The van der Waals surface area contributed by atoms with Gasteiger partial charge in [0.15, 0.2) is 0 Å². The van der Waals surface area contributed by atoms with Gasteiger partial charge < -0.3 is 15.2 Å². The lowest BCUT2D eigenvalue weighted by Crippen LogP contribution is -2.38. The van der Waals surface area contributed by atoms with E-state index in [4.69, 9.17) is 4.74 Å². The highest BCUT2D eigenvalue weighted by atomic mass is 16.5. The Kier molecular flexibility index (Phi) is 6.52. The number of hydrogen-bond donors (Lipinski definition) is 2. The predicted octanol–water partition coefficient (Wildman–Crippen LogP) is 1.47. The van der Waals surface area contributed by atoms with Crippen molar-refractivity contribution in [3.8, 4) is 0 Å². The minimum absolute atomic E-state index is 0.0816. The normalized spacial score (nSPS) is 20.2. The Morgan fingerprint density at radius 2 is 2.12 bits per heavy atom. The van der Waals surface area contributed by atoms with Crippen LogP contribution in [-0.4, -0.2) is 36.4 Å². The molecule has 1 unspecified atom stereocenters. The summed E-state index contributed by atoms with van der Waals surface area (Å²) in [7, 11) is 0. The Balaban J connectivity index is 2.13. The van der Waals surface area contributed by atoms with Gasteiger partial charge in [0.2, 0.25) is 0 Å². The van der Waals surface area contributed by atoms with Gasteiger partial charge in [0.25, 0.3) is 0 Å². The highest BCUT2D eigenvalue weighted by molar-refractivity contribution is 5.69. The summed E-state index contributed by atoms with van der Waals surface area (Å²) in [4.78, 5) is 11.1. The second kappa shape index (κ2) is 7.67. The molecule has 1 aliphatic carbocycles. The molecule has 0 aromatic heterocycles. The lowest BCUT2D eigenvalue weighted by molar-refractivity contribution is -0.145. The van der Waals surface area contributed by atoms with Crippen molar-refractivity contribution in [2.75, 3.05) is 13.2 Å². The molecule has 2 N–H and O–H groups in total. The Bertz CT molecular complexity index is 227. The molecule has 17 heavy (non-hydrogen) atoms. The monoisotopic (exact) mass is 243 g/mol. The Morgan fingerprint density at radius 3 is 2.71 bits per heavy atom. The summed E-state index contributed by atoms with van der Waals surface area (Å²) in [6.45, 7) is 4.77. The lowest BCUT2D eigenvalue weighted by atomic mass is 9.99. The van der Waals surface area contributed by atoms with Crippen LogP contribution in [-0.2, 0) is 9.53 Å². The highest BCUT2D eigenvalue weighted by Crippen LogP contribution is 2.27. The van der Waals surface area contributed by atoms with Crippen LogP contribution in [0.5, 0.6) is 0 Å². The number of nitrogens with one attached hydrogen (secondary N) is 1. The second-order valence-electron chi connectivity index (χ2n) is 4.90. The number of aliphatic hydroxyl groups excluding tert-OH is 1. The van der Waals surface area contributed by atoms with Crippen LogP contribution < -0.4 is 5.32 Å². The van der Waals surface area contributed by atoms with Gasteiger partial charge in [0.1, 0.15) is 0 Å². The van der Waals surface area contributed by atoms with Crippen LogP contribution in [0, 0.1) is 5.92 Å². The van der Waals surface area contributed by atoms with Gasteiger partial charge in [-0.15, -0.1) is 0 Å². The molecule has 0 saturated heterocycles. The quantitative estimate of drug-likeness (QED) is 0.665. The molecule has 4 nitrogen and oxygen atoms in total. The van der Waals surface area contributed by atoms with Gasteiger partial charge in [-0.25, -0.2) is 0 Å². The highest BCUT2D eigenvalue weighted by Gasteiger charge is 2.22. The first-order valence-corrected chi connectivity index (χ1v) is 6.70. The van der Waals surface area contributed by atoms with E-state index in [-0.39, 0.29) is 12.4 Å². The number of hydrogen-bond acceptors (Lipinski definition) is 4. The summed E-state index contributed by atoms with van der Waals surface area (Å²) in [5, 5.41) is 13.0. The molecule has 0 bridgehead atoms. The maximum absolute atomic E-state index is 11.1. The number of rotatable bonds is 7. The molecule has 1 aliphatic rings. The minimum atomic E-state index is -0.641. The molecule has 0 aromatic carbocycles. The summed E-state index contributed by atoms with van der Waals surface area (Å²) < 4.78 is 4.79. The van der Waals surface area contributed by atoms with Crippen molar-refractivity contribution in [1.29, 1.82) is 0 Å². The molecule has 100 valence electrons. The zero-order valence-corrected chi connectivity index (χ0v) is 10.9. The molecule has 0 spiro atoms. The molecular formula is C13H25NO3. The summed E-state index contributed by atoms with van der Waals surface area (Å²) in [5.74, 6) is 0.403. The minimum Gasteiger partial charge on any atom is -0.466 e. The maximum atomic E-state index is 11.1. The third-order valence-electron chi connectivity index (χ3n) is 3.49. The Labute approximate surface area is 104 Å². The van der Waals surface area contributed by atoms with Crippen molar-refractivity contribution in [3.05, 3.63) is 0 Å². The van der Waals surface area contributed by atoms with E-state index in [1.165, 1.54) is 25.7 Å². The van der Waals surface area contributed by atoms with Crippen molar-refractivity contribution < 1.29 is 14.6 Å². The van der Waals surface area contributed by atoms with Gasteiger partial charge in [-0.1, -0.05) is 12.8 Å². The Hall–Kier alpha value is -0.610. The van der Waals surface area contributed by atoms with E-state index in [1.807, 2.05) is 0 Å². The van der Waals surface area contributed by atoms with E-state index in [0.717, 1.165) is 5.92 Å². The average Bonchev–Trinajstić information content (AvgIpc) is 2.79. The van der Waals surface area contributed by atoms with E-state index in [9.17, 15) is 9.90 Å². The van der Waals surface area contributed by atoms with E-state index in [0.29, 0.717) is 19.2 Å². The van der Waals surface area contributed by atoms with E-state index in [1.54, 1.807) is 6.92 Å². The zero-order chi connectivity index (χ0) is 12.7. The largest absolute Gasteiger partial charge is 0.466 e. The van der Waals surface area contributed by atoms with Gasteiger partial charge in [0.05, 0.1) is 19.1 Å². The molecule has 0 aromatic rings. The van der Waals surface area contributed by atoms with Gasteiger partial charge in [0, 0.05) is 12.6 Å². The van der Waals surface area contributed by atoms with Gasteiger partial charge >= 0.3 is 5.97 Å². The van der Waals surface area contributed by atoms with Gasteiger partial charge in [-0.2, -0.15) is 0 Å². The van der Waals surface area contributed by atoms with Crippen LogP contribution in [0.15, 0.2) is 0 Å². The summed E-state index contributed by atoms with van der Waals surface area (Å²) in [5.41, 5.74) is 0. The molecule has 0 aliphatic heterocycles. The molecule has 4 heteroatoms. The number of ether oxygens (including phenoxy) is 1. The average molecular weight is 243 g/mol. The van der Waals surface area contributed by atoms with E-state index >= 15 is 0 Å². The Morgan fingerprint density at radius 1 is 1.47 bits per heavy atom. The third kappa shape index (κ3) is 5.50. The van der Waals surface area contributed by atoms with Crippen LogP contribution >= 0.6 is 0 Å². The molecule has 0 heterocycles. The van der Waals surface area contributed by atoms with Crippen LogP contribution in [0.25, 0.3) is 0 Å². The third-order valence-corrected chi connectivity index (χ3v) is 3.49. The fourth-order valence-electron chi connectivity index (χ4n) is 2.43. The number of aliphatic hydroxyl groups is 1. The van der Waals surface area contributed by atoms with Crippen LogP contribution in [0.2, 0.25) is 0 Å². The molecule has 1 fully saturated rings. The first kappa shape index (κ1) is 14.5. The second-order valence-corrected chi connectivity index (χ2v) is 4.90. The van der Waals surface area contributed by atoms with Crippen molar-refractivity contribution in [3.63, 3.8) is 0 Å². The SMILES string of the molecule is CCOC(=O)CC(O)CN[C@H](C)C1CCCC1. The zero-order valence-electron chi connectivity index (χ0n) is 10.9. The maximum Gasteiger partial charge on any atom is 0.308 e. The van der Waals surface area contributed by atoms with Crippen molar-refractivity contribution in [2.45, 2.75) is 58.1 Å². The first-order valence-electron chi connectivity index (χ1n) is 6.70. The summed E-state index contributed by atoms with van der Waals surface area (Å²) >= 11 is 0. The standard InChI is InChI=1S/C13H25NO3/c1-3-17-13(16)8-12(15)9-14-10(2)11-6-4-5-7-11/h10-12,14-15H,3-9H2,1-2H3/t10-,12?/m1/s1. The number of carbonyl (C=O) groups excluding carboxylic acids is 1. The fraction of sp³-hybridized carbons (Fsp3) is 0.923. The van der Waals surface area contributed by atoms with Crippen molar-refractivity contribution in [2.24, 2.45) is 5.92 Å². The van der Waals surface area contributed by atoms with Crippen LogP contribution in [0.4, 0.5) is 0 Å². The fourth-order valence-corrected chi connectivity index (χ4v) is 2.43. The lowest BCUT2D eigenvalue weighted by Gasteiger charge is -2.22. The molecule has 0 radical (unpaired) electrons. The molecule has 1 rings (SSSR count). The molecular weight excluding hydrogens is 218 g/mol.